The number of benzene rings is 2. The molecule has 0 saturated carbocycles. The number of anilines is 1. The van der Waals surface area contributed by atoms with Crippen LogP contribution in [0.2, 0.25) is 0 Å². The third-order valence-electron chi connectivity index (χ3n) is 4.75. The molecule has 1 amide bonds. The van der Waals surface area contributed by atoms with Gasteiger partial charge >= 0.3 is 0 Å². The molecule has 5 N–H and O–H groups in total. The normalized spacial score (nSPS) is 12.0. The quantitative estimate of drug-likeness (QED) is 0.240. The third-order valence-corrected chi connectivity index (χ3v) is 4.75. The number of nitrogen functional groups attached to an aromatic ring is 1. The molecule has 1 unspecified atom stereocenters. The molecule has 2 aromatic rings. The summed E-state index contributed by atoms with van der Waals surface area (Å²) in [4.78, 5) is 23.7. The molecule has 0 fully saturated rings. The highest BCUT2D eigenvalue weighted by atomic mass is 19.1. The summed E-state index contributed by atoms with van der Waals surface area (Å²) in [6.07, 6.45) is 3.06. The Labute approximate surface area is 185 Å². The molecule has 0 radical (unpaired) electrons. The van der Waals surface area contributed by atoms with E-state index in [0.29, 0.717) is 5.56 Å². The van der Waals surface area contributed by atoms with Crippen molar-refractivity contribution in [2.24, 2.45) is 11.1 Å². The first-order chi connectivity index (χ1) is 15.3. The van der Waals surface area contributed by atoms with Gasteiger partial charge in [-0.25, -0.2) is 4.39 Å². The van der Waals surface area contributed by atoms with Crippen molar-refractivity contribution in [3.8, 4) is 5.75 Å². The van der Waals surface area contributed by atoms with Crippen molar-refractivity contribution in [2.75, 3.05) is 25.5 Å². The number of hydrogen-bond donors (Lipinski definition) is 4. The first-order valence-corrected chi connectivity index (χ1v) is 10.1. The molecule has 0 aliphatic carbocycles. The van der Waals surface area contributed by atoms with Gasteiger partial charge in [0.2, 0.25) is 0 Å². The monoisotopic (exact) mass is 442 g/mol. The minimum atomic E-state index is -0.517. The lowest BCUT2D eigenvalue weighted by atomic mass is 9.99. The van der Waals surface area contributed by atoms with Crippen LogP contribution in [0.4, 0.5) is 10.1 Å². The van der Waals surface area contributed by atoms with Crippen molar-refractivity contribution in [2.45, 2.75) is 19.9 Å². The summed E-state index contributed by atoms with van der Waals surface area (Å²) in [6.45, 7) is 3.19. The van der Waals surface area contributed by atoms with E-state index in [1.807, 2.05) is 13.8 Å². The zero-order valence-electron chi connectivity index (χ0n) is 18.0. The average molecular weight is 442 g/mol. The van der Waals surface area contributed by atoms with Crippen LogP contribution in [0.15, 0.2) is 47.7 Å². The molecule has 8 nitrogen and oxygen atoms in total. The van der Waals surface area contributed by atoms with Crippen molar-refractivity contribution in [3.05, 3.63) is 69.9 Å². The number of nitroso groups, excluding NO2 is 1. The number of carbonyl (C=O) groups excluding carboxylic acids is 1. The number of halogens is 1. The molecule has 0 aliphatic heterocycles. The van der Waals surface area contributed by atoms with Crippen LogP contribution in [0.25, 0.3) is 6.08 Å². The second-order valence-electron chi connectivity index (χ2n) is 7.41. The maximum absolute atomic E-state index is 13.1. The number of carbonyl (C=O) groups is 1. The summed E-state index contributed by atoms with van der Waals surface area (Å²) in [7, 11) is 0. The minimum Gasteiger partial charge on any atom is -0.490 e. The van der Waals surface area contributed by atoms with E-state index in [1.54, 1.807) is 18.2 Å². The van der Waals surface area contributed by atoms with Gasteiger partial charge in [-0.2, -0.15) is 4.91 Å². The minimum absolute atomic E-state index is 0.0376. The highest BCUT2D eigenvalue weighted by Gasteiger charge is 2.24. The predicted molar refractivity (Wildman–Crippen MR) is 122 cm³/mol. The van der Waals surface area contributed by atoms with Crippen LogP contribution in [0.3, 0.4) is 0 Å². The zero-order chi connectivity index (χ0) is 23.7. The van der Waals surface area contributed by atoms with Gasteiger partial charge < -0.3 is 26.3 Å². The Hall–Kier alpha value is -3.59. The number of allylic oxidation sites excluding steroid dienone is 1. The average Bonchev–Trinajstić information content (AvgIpc) is 2.76. The van der Waals surface area contributed by atoms with Gasteiger partial charge in [0.15, 0.2) is 0 Å². The van der Waals surface area contributed by atoms with Gasteiger partial charge in [-0.1, -0.05) is 37.2 Å². The molecule has 0 spiro atoms. The number of nitrogens with two attached hydrogens (primary N) is 1. The maximum atomic E-state index is 13.1. The fourth-order valence-corrected chi connectivity index (χ4v) is 2.94. The molecule has 32 heavy (non-hydrogen) atoms. The highest BCUT2D eigenvalue weighted by molar-refractivity contribution is 6.15. The molecule has 0 saturated heterocycles. The first kappa shape index (κ1) is 24.7. The number of aliphatic hydroxyl groups excluding tert-OH is 1. The van der Waals surface area contributed by atoms with Crippen LogP contribution in [0, 0.1) is 22.1 Å². The summed E-state index contributed by atoms with van der Waals surface area (Å²) in [5, 5.41) is 23.3. The molecule has 0 heterocycles. The SMILES string of the molecule is CC(C)C(CN=O)NC(=O)c1ccc(N)c(C(=N)/C=C/c2ccc(F)cc2)c1OCCO. The van der Waals surface area contributed by atoms with Gasteiger partial charge in [0.05, 0.1) is 29.5 Å². The van der Waals surface area contributed by atoms with Crippen molar-refractivity contribution >= 4 is 23.4 Å². The van der Waals surface area contributed by atoms with Crippen LogP contribution in [0.1, 0.15) is 35.3 Å². The van der Waals surface area contributed by atoms with E-state index in [0.717, 1.165) is 0 Å². The Morgan fingerprint density at radius 3 is 2.56 bits per heavy atom. The van der Waals surface area contributed by atoms with Crippen LogP contribution in [0.5, 0.6) is 5.75 Å². The van der Waals surface area contributed by atoms with E-state index in [2.05, 4.69) is 10.5 Å². The van der Waals surface area contributed by atoms with Crippen molar-refractivity contribution in [1.29, 1.82) is 5.41 Å². The highest BCUT2D eigenvalue weighted by Crippen LogP contribution is 2.31. The fraction of sp³-hybridized carbons (Fsp3) is 0.304. The largest absolute Gasteiger partial charge is 0.490 e. The summed E-state index contributed by atoms with van der Waals surface area (Å²) >= 11 is 0. The van der Waals surface area contributed by atoms with Crippen molar-refractivity contribution in [1.82, 2.24) is 5.32 Å². The molecule has 9 heteroatoms. The topological polar surface area (TPSA) is 138 Å². The summed E-state index contributed by atoms with van der Waals surface area (Å²) in [5.41, 5.74) is 7.22. The van der Waals surface area contributed by atoms with E-state index in [9.17, 15) is 19.2 Å². The summed E-state index contributed by atoms with van der Waals surface area (Å²) in [6, 6.07) is 8.19. The number of ether oxygens (including phenoxy) is 1. The van der Waals surface area contributed by atoms with E-state index in [-0.39, 0.29) is 59.8 Å². The zero-order valence-corrected chi connectivity index (χ0v) is 18.0. The number of hydrogen-bond acceptors (Lipinski definition) is 7. The molecular formula is C23H27FN4O4. The van der Waals surface area contributed by atoms with Gasteiger partial charge in [-0.05, 0) is 41.8 Å². The Morgan fingerprint density at radius 1 is 1.28 bits per heavy atom. The lowest BCUT2D eigenvalue weighted by Gasteiger charge is -2.21. The van der Waals surface area contributed by atoms with Crippen LogP contribution in [-0.2, 0) is 0 Å². The summed E-state index contributed by atoms with van der Waals surface area (Å²) < 4.78 is 18.7. The fourth-order valence-electron chi connectivity index (χ4n) is 2.94. The number of rotatable bonds is 11. The number of amides is 1. The van der Waals surface area contributed by atoms with Crippen molar-refractivity contribution in [3.63, 3.8) is 0 Å². The lowest BCUT2D eigenvalue weighted by Crippen LogP contribution is -2.40. The lowest BCUT2D eigenvalue weighted by molar-refractivity contribution is 0.0922. The first-order valence-electron chi connectivity index (χ1n) is 10.1. The molecule has 1 atom stereocenters. The Balaban J connectivity index is 2.43. The van der Waals surface area contributed by atoms with E-state index in [4.69, 9.17) is 15.9 Å². The molecule has 0 bridgehead atoms. The second-order valence-corrected chi connectivity index (χ2v) is 7.41. The molecule has 2 aromatic carbocycles. The van der Waals surface area contributed by atoms with E-state index < -0.39 is 11.9 Å². The van der Waals surface area contributed by atoms with Crippen LogP contribution >= 0.6 is 0 Å². The van der Waals surface area contributed by atoms with Crippen LogP contribution in [-0.4, -0.2) is 42.5 Å². The maximum Gasteiger partial charge on any atom is 0.255 e. The van der Waals surface area contributed by atoms with Gasteiger partial charge in [-0.3, -0.25) is 4.79 Å². The van der Waals surface area contributed by atoms with E-state index >= 15 is 0 Å². The smallest absolute Gasteiger partial charge is 0.255 e. The standard InChI is InChI=1S/C23H27FN4O4/c1-14(2)20(13-27-31)28-23(30)17-8-10-19(26)21(22(17)32-12-11-29)18(25)9-5-15-3-6-16(24)7-4-15/h3-10,14,20,25,29H,11-13,26H2,1-2H3,(H,28,30)/b9-5+,25-18?. The number of nitrogens with zero attached hydrogens (tertiary/aromatic N) is 1. The molecule has 170 valence electrons. The van der Waals surface area contributed by atoms with Crippen LogP contribution < -0.4 is 15.8 Å². The molecular weight excluding hydrogens is 415 g/mol. The molecule has 0 aromatic heterocycles. The van der Waals surface area contributed by atoms with Gasteiger partial charge in [-0.15, -0.1) is 0 Å². The van der Waals surface area contributed by atoms with Gasteiger partial charge in [0, 0.05) is 5.69 Å². The number of aliphatic hydroxyl groups is 1. The Morgan fingerprint density at radius 2 is 1.97 bits per heavy atom. The van der Waals surface area contributed by atoms with Gasteiger partial charge in [0.25, 0.3) is 5.91 Å². The molecule has 0 aliphatic rings. The predicted octanol–water partition coefficient (Wildman–Crippen LogP) is 3.38. The third kappa shape index (κ3) is 6.45. The van der Waals surface area contributed by atoms with Gasteiger partial charge in [0.1, 0.15) is 24.7 Å². The second kappa shape index (κ2) is 11.7. The summed E-state index contributed by atoms with van der Waals surface area (Å²) in [5.74, 6) is -0.878. The van der Waals surface area contributed by atoms with E-state index in [1.165, 1.54) is 30.3 Å². The van der Waals surface area contributed by atoms with Crippen molar-refractivity contribution < 1.29 is 19.0 Å². The number of nitrogens with one attached hydrogen (secondary N) is 2. The molecule has 2 rings (SSSR count). The Bertz CT molecular complexity index is 990. The Kier molecular flexibility index (Phi) is 9.03.